The molecule has 2 N–H and O–H groups in total. The Balaban J connectivity index is 2.28. The van der Waals surface area contributed by atoms with Crippen LogP contribution in [0.1, 0.15) is 12.8 Å². The molecule has 1 aromatic heterocycles. The van der Waals surface area contributed by atoms with Gasteiger partial charge in [-0.25, -0.2) is 4.98 Å². The zero-order valence-electron chi connectivity index (χ0n) is 8.11. The van der Waals surface area contributed by atoms with Crippen LogP contribution in [0.4, 0.5) is 5.82 Å². The Morgan fingerprint density at radius 1 is 1.67 bits per heavy atom. The number of H-pyrrole nitrogens is 1. The van der Waals surface area contributed by atoms with Crippen molar-refractivity contribution in [3.05, 3.63) is 21.2 Å². The van der Waals surface area contributed by atoms with Crippen LogP contribution in [-0.2, 0) is 0 Å². The Labute approximate surface area is 95.3 Å². The zero-order chi connectivity index (χ0) is 10.8. The summed E-state index contributed by atoms with van der Waals surface area (Å²) in [6.45, 7) is 1.36. The first-order valence-corrected chi connectivity index (χ1v) is 5.64. The van der Waals surface area contributed by atoms with Gasteiger partial charge >= 0.3 is 0 Å². The van der Waals surface area contributed by atoms with Crippen LogP contribution in [0.15, 0.2) is 15.6 Å². The normalized spacial score (nSPS) is 21.7. The molecule has 1 aromatic rings. The lowest BCUT2D eigenvalue weighted by atomic mass is 10.1. The predicted octanol–water partition coefficient (Wildman–Crippen LogP) is 0.493. The van der Waals surface area contributed by atoms with E-state index in [-0.39, 0.29) is 11.7 Å². The zero-order valence-corrected chi connectivity index (χ0v) is 9.70. The maximum atomic E-state index is 11.3. The third-order valence-corrected chi connectivity index (χ3v) is 3.19. The minimum Gasteiger partial charge on any atom is -0.391 e. The molecule has 1 fully saturated rings. The van der Waals surface area contributed by atoms with Gasteiger partial charge in [0.2, 0.25) is 0 Å². The Morgan fingerprint density at radius 3 is 3.20 bits per heavy atom. The Morgan fingerprint density at radius 2 is 2.47 bits per heavy atom. The van der Waals surface area contributed by atoms with Gasteiger partial charge in [0, 0.05) is 13.1 Å². The molecule has 6 heteroatoms. The first-order chi connectivity index (χ1) is 7.18. The summed E-state index contributed by atoms with van der Waals surface area (Å²) in [7, 11) is 0. The maximum Gasteiger partial charge on any atom is 0.267 e. The van der Waals surface area contributed by atoms with E-state index >= 15 is 0 Å². The summed E-state index contributed by atoms with van der Waals surface area (Å²) in [6, 6.07) is 0. The van der Waals surface area contributed by atoms with E-state index in [1.54, 1.807) is 0 Å². The Bertz CT molecular complexity index is 407. The number of rotatable bonds is 1. The number of hydrogen-bond donors (Lipinski definition) is 2. The average molecular weight is 274 g/mol. The van der Waals surface area contributed by atoms with Crippen molar-refractivity contribution in [3.63, 3.8) is 0 Å². The molecule has 1 unspecified atom stereocenters. The summed E-state index contributed by atoms with van der Waals surface area (Å²) in [6.07, 6.45) is 2.79. The number of aromatic amines is 1. The van der Waals surface area contributed by atoms with Crippen molar-refractivity contribution in [2.75, 3.05) is 18.0 Å². The second kappa shape index (κ2) is 4.32. The van der Waals surface area contributed by atoms with Gasteiger partial charge in [-0.05, 0) is 28.8 Å². The van der Waals surface area contributed by atoms with Crippen LogP contribution in [-0.4, -0.2) is 34.3 Å². The minimum atomic E-state index is -0.327. The highest BCUT2D eigenvalue weighted by atomic mass is 79.9. The first kappa shape index (κ1) is 10.6. The third kappa shape index (κ3) is 2.21. The van der Waals surface area contributed by atoms with Crippen LogP contribution in [0.2, 0.25) is 0 Å². The van der Waals surface area contributed by atoms with E-state index in [1.165, 1.54) is 6.33 Å². The summed E-state index contributed by atoms with van der Waals surface area (Å²) in [4.78, 5) is 19.9. The van der Waals surface area contributed by atoms with Gasteiger partial charge in [0.1, 0.15) is 10.3 Å². The number of hydrogen-bond acceptors (Lipinski definition) is 4. The molecule has 0 saturated carbocycles. The van der Waals surface area contributed by atoms with Crippen molar-refractivity contribution in [3.8, 4) is 0 Å². The van der Waals surface area contributed by atoms with Crippen molar-refractivity contribution in [1.82, 2.24) is 9.97 Å². The third-order valence-electron chi connectivity index (χ3n) is 2.47. The standard InChI is InChI=1S/C9H12BrN3O2/c10-7-8(11-5-12-9(7)15)13-3-1-2-6(14)4-13/h5-6,14H,1-4H2,(H,11,12,15). The van der Waals surface area contributed by atoms with Gasteiger partial charge in [0.25, 0.3) is 5.56 Å². The van der Waals surface area contributed by atoms with E-state index in [1.807, 2.05) is 4.90 Å². The van der Waals surface area contributed by atoms with E-state index in [2.05, 4.69) is 25.9 Å². The van der Waals surface area contributed by atoms with Crippen LogP contribution in [0.25, 0.3) is 0 Å². The predicted molar refractivity (Wildman–Crippen MR) is 60.0 cm³/mol. The Kier molecular flexibility index (Phi) is 3.06. The van der Waals surface area contributed by atoms with Crippen molar-refractivity contribution in [1.29, 1.82) is 0 Å². The number of piperidine rings is 1. The Hall–Kier alpha value is -0.880. The molecule has 5 nitrogen and oxygen atoms in total. The number of nitrogens with zero attached hydrogens (tertiary/aromatic N) is 2. The minimum absolute atomic E-state index is 0.194. The van der Waals surface area contributed by atoms with E-state index in [4.69, 9.17) is 0 Å². The van der Waals surface area contributed by atoms with Gasteiger partial charge in [-0.2, -0.15) is 0 Å². The maximum absolute atomic E-state index is 11.3. The highest BCUT2D eigenvalue weighted by molar-refractivity contribution is 9.10. The van der Waals surface area contributed by atoms with Crippen LogP contribution < -0.4 is 10.5 Å². The molecule has 0 radical (unpaired) electrons. The summed E-state index contributed by atoms with van der Waals surface area (Å²) in [5, 5.41) is 9.53. The van der Waals surface area contributed by atoms with Crippen molar-refractivity contribution in [2.45, 2.75) is 18.9 Å². The van der Waals surface area contributed by atoms with Gasteiger partial charge in [0.15, 0.2) is 0 Å². The molecule has 0 amide bonds. The van der Waals surface area contributed by atoms with Gasteiger partial charge in [-0.15, -0.1) is 0 Å². The lowest BCUT2D eigenvalue weighted by Gasteiger charge is -2.31. The molecule has 2 heterocycles. The smallest absolute Gasteiger partial charge is 0.267 e. The van der Waals surface area contributed by atoms with Crippen LogP contribution in [0.5, 0.6) is 0 Å². The lowest BCUT2D eigenvalue weighted by molar-refractivity contribution is 0.154. The fourth-order valence-corrected chi connectivity index (χ4v) is 2.21. The molecule has 0 bridgehead atoms. The van der Waals surface area contributed by atoms with Crippen LogP contribution >= 0.6 is 15.9 Å². The molecule has 1 aliphatic heterocycles. The molecule has 0 spiro atoms. The molecule has 1 atom stereocenters. The molecule has 2 rings (SSSR count). The number of anilines is 1. The van der Waals surface area contributed by atoms with Gasteiger partial charge in [0.05, 0.1) is 12.4 Å². The molecular formula is C9H12BrN3O2. The summed E-state index contributed by atoms with van der Waals surface area (Å²) >= 11 is 3.21. The molecule has 1 saturated heterocycles. The van der Waals surface area contributed by atoms with E-state index in [0.717, 1.165) is 19.4 Å². The second-order valence-corrected chi connectivity index (χ2v) is 4.40. The fraction of sp³-hybridized carbons (Fsp3) is 0.556. The van der Waals surface area contributed by atoms with Crippen molar-refractivity contribution >= 4 is 21.7 Å². The largest absolute Gasteiger partial charge is 0.391 e. The topological polar surface area (TPSA) is 69.2 Å². The second-order valence-electron chi connectivity index (χ2n) is 3.61. The van der Waals surface area contributed by atoms with E-state index in [9.17, 15) is 9.90 Å². The average Bonchev–Trinajstić information content (AvgIpc) is 2.22. The van der Waals surface area contributed by atoms with Crippen molar-refractivity contribution in [2.24, 2.45) is 0 Å². The molecular weight excluding hydrogens is 262 g/mol. The highest BCUT2D eigenvalue weighted by Gasteiger charge is 2.21. The first-order valence-electron chi connectivity index (χ1n) is 4.84. The summed E-state index contributed by atoms with van der Waals surface area (Å²) in [5.74, 6) is 0.609. The fourth-order valence-electron chi connectivity index (χ4n) is 1.74. The lowest BCUT2D eigenvalue weighted by Crippen LogP contribution is -2.39. The van der Waals surface area contributed by atoms with Gasteiger partial charge in [-0.3, -0.25) is 4.79 Å². The van der Waals surface area contributed by atoms with Crippen LogP contribution in [0, 0.1) is 0 Å². The summed E-state index contributed by atoms with van der Waals surface area (Å²) in [5.41, 5.74) is -0.194. The van der Waals surface area contributed by atoms with E-state index < -0.39 is 0 Å². The SMILES string of the molecule is O=c1[nH]cnc(N2CCCC(O)C2)c1Br. The molecule has 82 valence electrons. The number of aliphatic hydroxyl groups is 1. The van der Waals surface area contributed by atoms with Gasteiger partial charge in [-0.1, -0.05) is 0 Å². The van der Waals surface area contributed by atoms with Crippen molar-refractivity contribution < 1.29 is 5.11 Å². The molecule has 1 aliphatic rings. The molecule has 15 heavy (non-hydrogen) atoms. The monoisotopic (exact) mass is 273 g/mol. The van der Waals surface area contributed by atoms with Crippen LogP contribution in [0.3, 0.4) is 0 Å². The molecule has 0 aliphatic carbocycles. The number of aromatic nitrogens is 2. The number of β-amino-alcohol motifs (C(OH)–C–C–N with tert-alkyl or cyclic N) is 1. The number of nitrogens with one attached hydrogen (secondary N) is 1. The number of halogens is 1. The highest BCUT2D eigenvalue weighted by Crippen LogP contribution is 2.22. The van der Waals surface area contributed by atoms with Gasteiger partial charge < -0.3 is 15.0 Å². The molecule has 0 aromatic carbocycles. The number of aliphatic hydroxyl groups excluding tert-OH is 1. The summed E-state index contributed by atoms with van der Waals surface area (Å²) < 4.78 is 0.430. The van der Waals surface area contributed by atoms with E-state index in [0.29, 0.717) is 16.8 Å². The quantitative estimate of drug-likeness (QED) is 0.782.